The van der Waals surface area contributed by atoms with Gasteiger partial charge in [-0.15, -0.1) is 0 Å². The van der Waals surface area contributed by atoms with Gasteiger partial charge in [0.2, 0.25) is 0 Å². The van der Waals surface area contributed by atoms with Crippen LogP contribution in [0.4, 0.5) is 0 Å². The van der Waals surface area contributed by atoms with Crippen molar-refractivity contribution < 1.29 is 134 Å². The van der Waals surface area contributed by atoms with Gasteiger partial charge in [0.15, 0.2) is 18.9 Å². The number of benzene rings is 6. The molecule has 0 spiro atoms. The minimum atomic E-state index is -0.519. The van der Waals surface area contributed by atoms with Gasteiger partial charge in [0.1, 0.15) is 58.0 Å². The van der Waals surface area contributed by atoms with Gasteiger partial charge in [-0.3, -0.25) is 0 Å². The first kappa shape index (κ1) is 111. The largest absolute Gasteiger partial charge is 1.00 e. The van der Waals surface area contributed by atoms with Crippen LogP contribution in [-0.4, -0.2) is 123 Å². The number of rotatable bonds is 59. The molecule has 18 heteroatoms. The molecule has 6 aromatic carbocycles. The van der Waals surface area contributed by atoms with E-state index in [1.165, 1.54) is 103 Å². The first-order chi connectivity index (χ1) is 59.9. The van der Waals surface area contributed by atoms with Crippen molar-refractivity contribution in [2.45, 2.75) is 402 Å². The summed E-state index contributed by atoms with van der Waals surface area (Å²) in [6.45, 7) is 29.7. The Morgan fingerprint density at radius 2 is 0.782 bits per heavy atom. The van der Waals surface area contributed by atoms with E-state index < -0.39 is 24.3 Å². The molecule has 9 unspecified atom stereocenters. The Kier molecular flexibility index (Phi) is 62.0. The van der Waals surface area contributed by atoms with Crippen LogP contribution in [0.3, 0.4) is 0 Å². The molecule has 2 N–H and O–H groups in total. The first-order valence-electron chi connectivity index (χ1n) is 48.2. The van der Waals surface area contributed by atoms with Crippen molar-refractivity contribution in [2.75, 3.05) is 33.0 Å². The van der Waals surface area contributed by atoms with Gasteiger partial charge >= 0.3 is 63.3 Å². The quantitative estimate of drug-likeness (QED) is 0.00910. The van der Waals surface area contributed by atoms with Crippen LogP contribution in [0.1, 0.15) is 360 Å². The maximum absolute atomic E-state index is 13.5. The van der Waals surface area contributed by atoms with Gasteiger partial charge in [0.25, 0.3) is 0 Å². The van der Waals surface area contributed by atoms with Crippen molar-refractivity contribution >= 4 is 18.2 Å². The van der Waals surface area contributed by atoms with E-state index in [0.717, 1.165) is 206 Å². The van der Waals surface area contributed by atoms with Gasteiger partial charge in [-0.05, 0) is 231 Å². The van der Waals surface area contributed by atoms with E-state index in [9.17, 15) is 19.5 Å². The molecule has 0 bridgehead atoms. The molecule has 0 aliphatic carbocycles. The number of carbonyl (C=O) groups is 3. The summed E-state index contributed by atoms with van der Waals surface area (Å²) in [4.78, 5) is 36.6. The van der Waals surface area contributed by atoms with Crippen molar-refractivity contribution in [1.82, 2.24) is 0 Å². The number of unbranched alkanes of at least 4 members (excludes halogenated alkanes) is 24. The average Bonchev–Trinajstić information content (AvgIpc) is 0.816. The molecule has 124 heavy (non-hydrogen) atoms. The predicted molar refractivity (Wildman–Crippen MR) is 501 cm³/mol. The van der Waals surface area contributed by atoms with E-state index in [4.69, 9.17) is 61.9 Å². The van der Waals surface area contributed by atoms with E-state index in [1.807, 2.05) is 163 Å². The van der Waals surface area contributed by atoms with Gasteiger partial charge in [0, 0.05) is 38.9 Å². The number of aryl methyl sites for hydroxylation is 2. The summed E-state index contributed by atoms with van der Waals surface area (Å²) < 4.78 is 73.6. The van der Waals surface area contributed by atoms with E-state index in [-0.39, 0.29) is 102 Å². The molecule has 2 aliphatic rings. The van der Waals surface area contributed by atoms with Crippen molar-refractivity contribution in [3.8, 4) is 56.8 Å². The molecule has 9 atom stereocenters. The molecule has 8 rings (SSSR count). The zero-order valence-corrected chi connectivity index (χ0v) is 82.3. The Bertz CT molecular complexity index is 3650. The number of aliphatic hydroxyl groups is 2. The zero-order chi connectivity index (χ0) is 88.9. The second kappa shape index (κ2) is 69.4. The van der Waals surface area contributed by atoms with Crippen molar-refractivity contribution in [1.29, 1.82) is 0 Å². The summed E-state index contributed by atoms with van der Waals surface area (Å²) in [7, 11) is 0. The fourth-order valence-electron chi connectivity index (χ4n) is 14.8. The van der Waals surface area contributed by atoms with Crippen LogP contribution < -0.4 is 79.8 Å². The molecule has 690 valence electrons. The molecule has 0 saturated carbocycles. The Morgan fingerprint density at radius 1 is 0.419 bits per heavy atom. The average molecular weight is 1750 g/mol. The van der Waals surface area contributed by atoms with Crippen molar-refractivity contribution in [2.24, 2.45) is 0 Å². The summed E-state index contributed by atoms with van der Waals surface area (Å²) in [5.41, 5.74) is 7.03. The fraction of sp³-hybridized carbons (Fsp3) is 0.632. The van der Waals surface area contributed by atoms with Crippen LogP contribution >= 0.6 is 0 Å². The minimum Gasteiger partial charge on any atom is -1.00 e. The number of esters is 2. The third-order valence-electron chi connectivity index (χ3n) is 22.3. The van der Waals surface area contributed by atoms with Crippen LogP contribution in [-0.2, 0) is 33.2 Å². The maximum Gasteiger partial charge on any atom is 1.00 e. The SMILES string of the molecule is CCC(C)O.CCCCCCCC1OC(CC)CC(CC2CC(CC(C)O)OC(CCCCCCCCCCOc3cc(C)ccc3C(=O)Oc3ccc(-c4ccc(OCCCC)cc4)cc3)O2)O1.CCCCCCCC=O.CCCCCCCCCC(Oc1cc(C)ccc1C(=O)Oc1ccc(-c2ccc(OCCCC)cc2)cc1)C(OCC)OCC.[H-].[K+]. The van der Waals surface area contributed by atoms with Gasteiger partial charge < -0.3 is 73.3 Å². The first-order valence-corrected chi connectivity index (χ1v) is 48.2. The van der Waals surface area contributed by atoms with Crippen LogP contribution in [0.5, 0.6) is 34.5 Å². The van der Waals surface area contributed by atoms with Crippen LogP contribution in [0.15, 0.2) is 133 Å². The normalized spacial score (nSPS) is 16.8. The zero-order valence-electron chi connectivity index (χ0n) is 80.2. The second-order valence-electron chi connectivity index (χ2n) is 33.5. The summed E-state index contributed by atoms with van der Waals surface area (Å²) >= 11 is 0. The van der Waals surface area contributed by atoms with Gasteiger partial charge in [0.05, 0.1) is 56.4 Å². The number of hydrogen-bond donors (Lipinski definition) is 2. The standard InChI is InChI=1S/C55H82O9.C39H54O6.C8H16O.C4H10O.K.H/c1-6-9-11-16-19-22-53-60-45(8-3)38-49(62-53)40-50-39-48(37-42(5)56)61-54(63-50)23-20-17-14-12-13-15-18-21-35-59-52-36-41(4)24-33-51(52)55(57)64-47-31-27-44(28-32-47)43-25-29-46(30-26-43)58-34-10-7-2;1-6-10-12-13-14-15-16-17-36(39(41-8-3)42-9-4)45-37-29-30(5)18-27-35(37)38(40)44-34-25-21-32(22-26-34)31-19-23-33(24-20-31)43-28-11-7-2;1-2-3-4-5-6-7-8-9;1-3-4(2)5;;/h24-33,36,42,45,48-50,53-54,56H,6-23,34-35,37-40H2,1-5H3;18-27,29,36,39H,6-17,28H2,1-5H3;8H,2-7H2,1H3;4-5H,3H2,1-2H3;;/q;;;;+1;-1. The molecular weight excluding hydrogens is 1580 g/mol. The molecule has 6 aromatic rings. The Hall–Kier alpha value is -5.55. The molecule has 0 radical (unpaired) electrons. The summed E-state index contributed by atoms with van der Waals surface area (Å²) in [5.74, 6) is 2.85. The third-order valence-corrected chi connectivity index (χ3v) is 22.3. The van der Waals surface area contributed by atoms with E-state index in [2.05, 4.69) is 41.5 Å². The fourth-order valence-corrected chi connectivity index (χ4v) is 14.8. The van der Waals surface area contributed by atoms with Crippen LogP contribution in [0.25, 0.3) is 22.3 Å². The number of aldehydes is 1. The smallest absolute Gasteiger partial charge is 1.00 e. The van der Waals surface area contributed by atoms with Crippen molar-refractivity contribution in [3.05, 3.63) is 156 Å². The third kappa shape index (κ3) is 47.7. The van der Waals surface area contributed by atoms with E-state index >= 15 is 0 Å². The van der Waals surface area contributed by atoms with E-state index in [1.54, 1.807) is 19.1 Å². The number of aliphatic hydroxyl groups excluding tert-OH is 2. The Labute approximate surface area is 793 Å². The summed E-state index contributed by atoms with van der Waals surface area (Å²) in [5, 5.41) is 18.6. The maximum atomic E-state index is 13.5. The molecule has 2 heterocycles. The summed E-state index contributed by atoms with van der Waals surface area (Å²) in [6, 6.07) is 42.4. The monoisotopic (exact) mass is 1750 g/mol. The molecule has 2 aliphatic heterocycles. The molecule has 17 nitrogen and oxygen atoms in total. The Morgan fingerprint density at radius 3 is 1.19 bits per heavy atom. The molecular formula is C106H163KO17. The second-order valence-corrected chi connectivity index (χ2v) is 33.5. The number of carbonyl (C=O) groups excluding carboxylic acids is 3. The molecule has 2 saturated heterocycles. The number of ether oxygens (including phenoxy) is 12. The van der Waals surface area contributed by atoms with Gasteiger partial charge in [-0.2, -0.15) is 0 Å². The Balaban J connectivity index is 0.000000573. The topological polar surface area (TPSA) is 202 Å². The molecule has 2 fully saturated rings. The van der Waals surface area contributed by atoms with Gasteiger partial charge in [-0.25, -0.2) is 9.59 Å². The van der Waals surface area contributed by atoms with E-state index in [0.29, 0.717) is 60.4 Å². The van der Waals surface area contributed by atoms with Gasteiger partial charge in [-0.1, -0.05) is 250 Å². The van der Waals surface area contributed by atoms with Crippen LogP contribution in [0.2, 0.25) is 0 Å². The van der Waals surface area contributed by atoms with Crippen molar-refractivity contribution in [3.63, 3.8) is 0 Å². The number of hydrogen-bond acceptors (Lipinski definition) is 17. The predicted octanol–water partition coefficient (Wildman–Crippen LogP) is 24.7. The molecule has 0 aromatic heterocycles. The molecule has 0 amide bonds. The van der Waals surface area contributed by atoms with Crippen LogP contribution in [0, 0.1) is 13.8 Å². The minimum absolute atomic E-state index is 0. The summed E-state index contributed by atoms with van der Waals surface area (Å²) in [6.07, 6.45) is 42.3.